The third kappa shape index (κ3) is 3.86. The zero-order chi connectivity index (χ0) is 23.9. The number of fused-ring (bicyclic) bond motifs is 2. The standard InChI is InChI=1S/C27H22F2N2O2S/c1-17-6-4-5-12-27(17,29)26(33)30-20-9-10-21(22(28)15-20)25(32)31-16-24-19(11-13-34-24)14-18-7-2-3-8-23(18)31/h2-13,15,17H,14,16H2,1H3,(H,30,33). The summed E-state index contributed by atoms with van der Waals surface area (Å²) in [5, 5.41) is 4.44. The molecule has 0 spiro atoms. The molecule has 3 aromatic rings. The van der Waals surface area contributed by atoms with Crippen molar-refractivity contribution in [2.75, 3.05) is 10.2 Å². The fraction of sp³-hybridized carbons (Fsp3) is 0.185. The molecule has 2 aromatic carbocycles. The zero-order valence-corrected chi connectivity index (χ0v) is 19.2. The summed E-state index contributed by atoms with van der Waals surface area (Å²) in [7, 11) is 0. The van der Waals surface area contributed by atoms with Gasteiger partial charge in [0.05, 0.1) is 12.1 Å². The first-order valence-corrected chi connectivity index (χ1v) is 11.9. The molecule has 1 N–H and O–H groups in total. The number of allylic oxidation sites excluding steroid dienone is 3. The average Bonchev–Trinajstić information content (AvgIpc) is 3.19. The van der Waals surface area contributed by atoms with Gasteiger partial charge in [-0.2, -0.15) is 0 Å². The highest BCUT2D eigenvalue weighted by molar-refractivity contribution is 7.10. The van der Waals surface area contributed by atoms with Crippen molar-refractivity contribution in [3.8, 4) is 0 Å². The molecule has 2 amide bonds. The van der Waals surface area contributed by atoms with E-state index in [-0.39, 0.29) is 11.3 Å². The van der Waals surface area contributed by atoms with Crippen LogP contribution in [0.1, 0.15) is 33.3 Å². The molecule has 0 fully saturated rings. The van der Waals surface area contributed by atoms with E-state index in [1.807, 2.05) is 29.6 Å². The van der Waals surface area contributed by atoms with Crippen LogP contribution in [0, 0.1) is 11.7 Å². The molecule has 2 unspecified atom stereocenters. The fourth-order valence-electron chi connectivity index (χ4n) is 4.34. The maximum Gasteiger partial charge on any atom is 0.266 e. The van der Waals surface area contributed by atoms with E-state index in [0.717, 1.165) is 27.8 Å². The van der Waals surface area contributed by atoms with Crippen molar-refractivity contribution < 1.29 is 18.4 Å². The summed E-state index contributed by atoms with van der Waals surface area (Å²) in [5.41, 5.74) is 0.646. The molecule has 1 aliphatic carbocycles. The summed E-state index contributed by atoms with van der Waals surface area (Å²) in [5.74, 6) is -2.80. The lowest BCUT2D eigenvalue weighted by molar-refractivity contribution is -0.126. The number of para-hydroxylation sites is 1. The van der Waals surface area contributed by atoms with Gasteiger partial charge < -0.3 is 10.2 Å². The Morgan fingerprint density at radius 3 is 2.74 bits per heavy atom. The van der Waals surface area contributed by atoms with Gasteiger partial charge in [-0.15, -0.1) is 11.3 Å². The van der Waals surface area contributed by atoms with Gasteiger partial charge in [-0.3, -0.25) is 9.59 Å². The molecule has 7 heteroatoms. The molecule has 0 bridgehead atoms. The Balaban J connectivity index is 1.42. The van der Waals surface area contributed by atoms with Crippen molar-refractivity contribution in [1.82, 2.24) is 0 Å². The first kappa shape index (κ1) is 22.2. The van der Waals surface area contributed by atoms with Crippen LogP contribution in [0.2, 0.25) is 0 Å². The number of benzene rings is 2. The Morgan fingerprint density at radius 2 is 1.94 bits per heavy atom. The molecule has 1 aromatic heterocycles. The Labute approximate surface area is 200 Å². The summed E-state index contributed by atoms with van der Waals surface area (Å²) in [4.78, 5) is 28.7. The topological polar surface area (TPSA) is 49.4 Å². The fourth-order valence-corrected chi connectivity index (χ4v) is 5.23. The van der Waals surface area contributed by atoms with Crippen LogP contribution in [0.15, 0.2) is 78.2 Å². The maximum atomic E-state index is 15.2. The maximum absolute atomic E-state index is 15.2. The number of thiophene rings is 1. The van der Waals surface area contributed by atoms with Gasteiger partial charge in [0.15, 0.2) is 0 Å². The highest BCUT2D eigenvalue weighted by atomic mass is 32.1. The van der Waals surface area contributed by atoms with Gasteiger partial charge in [0, 0.05) is 28.6 Å². The molecule has 0 radical (unpaired) electrons. The summed E-state index contributed by atoms with van der Waals surface area (Å²) < 4.78 is 30.3. The van der Waals surface area contributed by atoms with Crippen molar-refractivity contribution in [2.45, 2.75) is 25.6 Å². The van der Waals surface area contributed by atoms with Gasteiger partial charge in [0.25, 0.3) is 11.8 Å². The predicted molar refractivity (Wildman–Crippen MR) is 130 cm³/mol. The second-order valence-corrected chi connectivity index (χ2v) is 9.52. The third-order valence-electron chi connectivity index (χ3n) is 6.37. The largest absolute Gasteiger partial charge is 0.323 e. The normalized spacial score (nSPS) is 20.9. The second kappa shape index (κ2) is 8.65. The predicted octanol–water partition coefficient (Wildman–Crippen LogP) is 6.05. The molecule has 4 nitrogen and oxygen atoms in total. The van der Waals surface area contributed by atoms with E-state index in [4.69, 9.17) is 0 Å². The zero-order valence-electron chi connectivity index (χ0n) is 18.4. The molecule has 0 saturated carbocycles. The van der Waals surface area contributed by atoms with E-state index in [1.54, 1.807) is 35.3 Å². The van der Waals surface area contributed by atoms with Crippen LogP contribution < -0.4 is 10.2 Å². The van der Waals surface area contributed by atoms with E-state index in [9.17, 15) is 9.59 Å². The molecule has 2 atom stereocenters. The van der Waals surface area contributed by atoms with Crippen molar-refractivity contribution in [2.24, 2.45) is 5.92 Å². The Morgan fingerprint density at radius 1 is 1.12 bits per heavy atom. The highest BCUT2D eigenvalue weighted by Gasteiger charge is 2.41. The number of hydrogen-bond acceptors (Lipinski definition) is 3. The van der Waals surface area contributed by atoms with E-state index in [2.05, 4.69) is 11.4 Å². The van der Waals surface area contributed by atoms with Gasteiger partial charge in [0.1, 0.15) is 5.82 Å². The second-order valence-electron chi connectivity index (χ2n) is 8.52. The Hall–Kier alpha value is -3.58. The van der Waals surface area contributed by atoms with Crippen LogP contribution in [-0.4, -0.2) is 17.5 Å². The lowest BCUT2D eigenvalue weighted by Crippen LogP contribution is -2.42. The number of halogens is 2. The Bertz CT molecular complexity index is 1350. The number of rotatable bonds is 3. The van der Waals surface area contributed by atoms with Crippen LogP contribution in [0.3, 0.4) is 0 Å². The number of alkyl halides is 1. The third-order valence-corrected chi connectivity index (χ3v) is 7.31. The SMILES string of the molecule is CC1C=CC=CC1(F)C(=O)Nc1ccc(C(=O)N2Cc3sccc3Cc3ccccc32)c(F)c1. The number of anilines is 2. The molecule has 1 aliphatic heterocycles. The minimum absolute atomic E-state index is 0.0861. The summed E-state index contributed by atoms with van der Waals surface area (Å²) in [6.07, 6.45) is 6.64. The van der Waals surface area contributed by atoms with Gasteiger partial charge >= 0.3 is 0 Å². The minimum Gasteiger partial charge on any atom is -0.323 e. The van der Waals surface area contributed by atoms with E-state index >= 15 is 8.78 Å². The van der Waals surface area contributed by atoms with Gasteiger partial charge in [-0.05, 0) is 52.9 Å². The van der Waals surface area contributed by atoms with Crippen LogP contribution in [-0.2, 0) is 17.8 Å². The lowest BCUT2D eigenvalue weighted by atomic mass is 9.86. The number of carbonyl (C=O) groups excluding carboxylic acids is 2. The average molecular weight is 477 g/mol. The number of carbonyl (C=O) groups is 2. The van der Waals surface area contributed by atoms with Crippen molar-refractivity contribution >= 4 is 34.5 Å². The van der Waals surface area contributed by atoms with Crippen molar-refractivity contribution in [3.05, 3.63) is 106 Å². The number of nitrogens with one attached hydrogen (secondary N) is 1. The summed E-state index contributed by atoms with van der Waals surface area (Å²) in [6, 6.07) is 13.5. The smallest absolute Gasteiger partial charge is 0.266 e. The Kier molecular flexibility index (Phi) is 5.65. The van der Waals surface area contributed by atoms with Gasteiger partial charge in [0.2, 0.25) is 5.67 Å². The van der Waals surface area contributed by atoms with Crippen LogP contribution >= 0.6 is 11.3 Å². The first-order valence-electron chi connectivity index (χ1n) is 11.0. The van der Waals surface area contributed by atoms with Crippen LogP contribution in [0.4, 0.5) is 20.2 Å². The molecule has 34 heavy (non-hydrogen) atoms. The number of amides is 2. The molecule has 172 valence electrons. The monoisotopic (exact) mass is 476 g/mol. The molecule has 2 heterocycles. The number of nitrogens with zero attached hydrogens (tertiary/aromatic N) is 1. The minimum atomic E-state index is -2.23. The van der Waals surface area contributed by atoms with Crippen molar-refractivity contribution in [1.29, 1.82) is 0 Å². The van der Waals surface area contributed by atoms with Crippen LogP contribution in [0.5, 0.6) is 0 Å². The first-order chi connectivity index (χ1) is 16.4. The summed E-state index contributed by atoms with van der Waals surface area (Å²) >= 11 is 1.57. The van der Waals surface area contributed by atoms with Crippen molar-refractivity contribution in [3.63, 3.8) is 0 Å². The van der Waals surface area contributed by atoms with Crippen LogP contribution in [0.25, 0.3) is 0 Å². The molecular formula is C27H22F2N2O2S. The number of hydrogen-bond donors (Lipinski definition) is 1. The lowest BCUT2D eigenvalue weighted by Gasteiger charge is -2.27. The molecule has 0 saturated heterocycles. The molecule has 2 aliphatic rings. The van der Waals surface area contributed by atoms with E-state index < -0.39 is 29.2 Å². The highest BCUT2D eigenvalue weighted by Crippen LogP contribution is 2.35. The summed E-state index contributed by atoms with van der Waals surface area (Å²) in [6.45, 7) is 1.95. The molecule has 5 rings (SSSR count). The van der Waals surface area contributed by atoms with Gasteiger partial charge in [-0.25, -0.2) is 8.78 Å². The molecular weight excluding hydrogens is 454 g/mol. The van der Waals surface area contributed by atoms with E-state index in [0.29, 0.717) is 13.0 Å². The quantitative estimate of drug-likeness (QED) is 0.501. The van der Waals surface area contributed by atoms with E-state index in [1.165, 1.54) is 24.3 Å². The van der Waals surface area contributed by atoms with Gasteiger partial charge in [-0.1, -0.05) is 43.4 Å².